The molecule has 1 heterocycles. The Labute approximate surface area is 91.5 Å². The lowest BCUT2D eigenvalue weighted by molar-refractivity contribution is -0.112. The summed E-state index contributed by atoms with van der Waals surface area (Å²) in [5.74, 6) is 0.851. The first-order valence-corrected chi connectivity index (χ1v) is 5.98. The molecule has 1 unspecified atom stereocenters. The molecular weight excluding hydrogens is 188 g/mol. The van der Waals surface area contributed by atoms with Gasteiger partial charge in [0.1, 0.15) is 12.3 Å². The van der Waals surface area contributed by atoms with E-state index in [1.165, 1.54) is 25.7 Å². The van der Waals surface area contributed by atoms with Gasteiger partial charge in [-0.1, -0.05) is 6.92 Å². The Morgan fingerprint density at radius 2 is 2.00 bits per heavy atom. The summed E-state index contributed by atoms with van der Waals surface area (Å²) in [6, 6.07) is 0.525. The molecule has 0 bridgehead atoms. The molecule has 0 aromatic carbocycles. The van der Waals surface area contributed by atoms with Crippen LogP contribution >= 0.6 is 0 Å². The fourth-order valence-corrected chi connectivity index (χ4v) is 2.68. The van der Waals surface area contributed by atoms with Gasteiger partial charge in [-0.15, -0.1) is 0 Å². The molecule has 2 aliphatic rings. The Balaban J connectivity index is 2.00. The first kappa shape index (κ1) is 10.7. The third-order valence-electron chi connectivity index (χ3n) is 3.65. The van der Waals surface area contributed by atoms with Gasteiger partial charge in [-0.25, -0.2) is 0 Å². The van der Waals surface area contributed by atoms with Crippen molar-refractivity contribution < 1.29 is 4.79 Å². The van der Waals surface area contributed by atoms with E-state index in [1.807, 2.05) is 6.92 Å². The van der Waals surface area contributed by atoms with E-state index in [9.17, 15) is 4.79 Å². The normalized spacial score (nSPS) is 36.5. The summed E-state index contributed by atoms with van der Waals surface area (Å²) in [7, 11) is 0. The van der Waals surface area contributed by atoms with E-state index in [4.69, 9.17) is 0 Å². The molecule has 1 atom stereocenters. The summed E-state index contributed by atoms with van der Waals surface area (Å²) in [6.07, 6.45) is 6.83. The van der Waals surface area contributed by atoms with Crippen molar-refractivity contribution in [3.05, 3.63) is 0 Å². The van der Waals surface area contributed by atoms with Crippen LogP contribution < -0.4 is 0 Å². The number of hydrogen-bond donors (Lipinski definition) is 0. The minimum absolute atomic E-state index is 0.0170. The third kappa shape index (κ3) is 2.21. The second kappa shape index (κ2) is 4.33. The minimum atomic E-state index is 0.0170. The molecule has 84 valence electrons. The van der Waals surface area contributed by atoms with Crippen molar-refractivity contribution in [1.82, 2.24) is 5.01 Å². The molecule has 0 aromatic rings. The highest BCUT2D eigenvalue weighted by Gasteiger charge is 2.32. The highest BCUT2D eigenvalue weighted by atomic mass is 16.1. The molecule has 0 amide bonds. The Morgan fingerprint density at radius 3 is 2.60 bits per heavy atom. The maximum atomic E-state index is 11.0. The largest absolute Gasteiger partial charge is 0.301 e. The predicted molar refractivity (Wildman–Crippen MR) is 60.8 cm³/mol. The van der Waals surface area contributed by atoms with Gasteiger partial charge in [-0.05, 0) is 38.5 Å². The fourth-order valence-electron chi connectivity index (χ4n) is 2.68. The zero-order chi connectivity index (χ0) is 10.8. The van der Waals surface area contributed by atoms with Crippen molar-refractivity contribution >= 4 is 12.0 Å². The van der Waals surface area contributed by atoms with Crippen LogP contribution in [0.4, 0.5) is 0 Å². The van der Waals surface area contributed by atoms with E-state index < -0.39 is 0 Å². The highest BCUT2D eigenvalue weighted by Crippen LogP contribution is 2.30. The van der Waals surface area contributed by atoms with Crippen molar-refractivity contribution in [2.45, 2.75) is 58.0 Å². The van der Waals surface area contributed by atoms with Crippen molar-refractivity contribution in [2.75, 3.05) is 0 Å². The summed E-state index contributed by atoms with van der Waals surface area (Å²) < 4.78 is 0. The van der Waals surface area contributed by atoms with Crippen LogP contribution in [0.2, 0.25) is 0 Å². The average molecular weight is 208 g/mol. The number of aldehydes is 1. The number of carbonyl (C=O) groups excluding carboxylic acids is 1. The highest BCUT2D eigenvalue weighted by molar-refractivity contribution is 5.87. The summed E-state index contributed by atoms with van der Waals surface area (Å²) in [6.45, 7) is 4.33. The van der Waals surface area contributed by atoms with E-state index in [-0.39, 0.29) is 6.04 Å². The van der Waals surface area contributed by atoms with Crippen LogP contribution in [0.5, 0.6) is 0 Å². The molecule has 2 rings (SSSR count). The maximum Gasteiger partial charge on any atom is 0.144 e. The number of rotatable bonds is 2. The van der Waals surface area contributed by atoms with E-state index >= 15 is 0 Å². The molecule has 1 aliphatic heterocycles. The molecule has 0 aromatic heterocycles. The second-order valence-electron chi connectivity index (χ2n) is 5.04. The predicted octanol–water partition coefficient (Wildman–Crippen LogP) is 2.21. The Morgan fingerprint density at radius 1 is 1.33 bits per heavy atom. The standard InChI is InChI=1S/C12H20N2O/c1-9-3-5-11(6-4-9)14-12(8-15)7-10(2)13-14/h8-9,11-12H,3-7H2,1-2H3. The Hall–Kier alpha value is -0.860. The van der Waals surface area contributed by atoms with Crippen LogP contribution in [-0.4, -0.2) is 29.1 Å². The van der Waals surface area contributed by atoms with Gasteiger partial charge in [0, 0.05) is 18.2 Å². The summed E-state index contributed by atoms with van der Waals surface area (Å²) in [5.41, 5.74) is 1.10. The molecule has 3 heteroatoms. The third-order valence-corrected chi connectivity index (χ3v) is 3.65. The number of hydrazone groups is 1. The van der Waals surface area contributed by atoms with Crippen LogP contribution in [-0.2, 0) is 4.79 Å². The zero-order valence-electron chi connectivity index (χ0n) is 9.65. The van der Waals surface area contributed by atoms with Crippen LogP contribution in [0.1, 0.15) is 46.0 Å². The molecule has 0 spiro atoms. The number of carbonyl (C=O) groups is 1. The summed E-state index contributed by atoms with van der Waals surface area (Å²) in [4.78, 5) is 11.0. The topological polar surface area (TPSA) is 32.7 Å². The van der Waals surface area contributed by atoms with Crippen molar-refractivity contribution in [1.29, 1.82) is 0 Å². The van der Waals surface area contributed by atoms with Gasteiger partial charge >= 0.3 is 0 Å². The Bertz CT molecular complexity index is 267. The van der Waals surface area contributed by atoms with Gasteiger partial charge in [-0.2, -0.15) is 5.10 Å². The molecule has 3 nitrogen and oxygen atoms in total. The second-order valence-corrected chi connectivity index (χ2v) is 5.04. The number of nitrogens with zero attached hydrogens (tertiary/aromatic N) is 2. The van der Waals surface area contributed by atoms with Crippen molar-refractivity contribution in [3.63, 3.8) is 0 Å². The van der Waals surface area contributed by atoms with E-state index in [2.05, 4.69) is 17.0 Å². The molecule has 1 fully saturated rings. The lowest BCUT2D eigenvalue weighted by Gasteiger charge is -2.34. The van der Waals surface area contributed by atoms with Gasteiger partial charge in [0.2, 0.25) is 0 Å². The van der Waals surface area contributed by atoms with Crippen LogP contribution in [0, 0.1) is 5.92 Å². The molecule has 0 radical (unpaired) electrons. The summed E-state index contributed by atoms with van der Waals surface area (Å²) >= 11 is 0. The zero-order valence-corrected chi connectivity index (χ0v) is 9.65. The lowest BCUT2D eigenvalue weighted by atomic mass is 9.87. The molecule has 15 heavy (non-hydrogen) atoms. The van der Waals surface area contributed by atoms with Crippen LogP contribution in [0.3, 0.4) is 0 Å². The van der Waals surface area contributed by atoms with Gasteiger partial charge in [-0.3, -0.25) is 5.01 Å². The Kier molecular flexibility index (Phi) is 3.08. The van der Waals surface area contributed by atoms with Crippen LogP contribution in [0.25, 0.3) is 0 Å². The summed E-state index contributed by atoms with van der Waals surface area (Å²) in [5, 5.41) is 6.57. The maximum absolute atomic E-state index is 11.0. The number of hydrogen-bond acceptors (Lipinski definition) is 3. The molecule has 1 aliphatic carbocycles. The molecule has 0 N–H and O–H groups in total. The van der Waals surface area contributed by atoms with Crippen molar-refractivity contribution in [2.24, 2.45) is 11.0 Å². The lowest BCUT2D eigenvalue weighted by Crippen LogP contribution is -2.39. The van der Waals surface area contributed by atoms with E-state index in [0.717, 1.165) is 24.3 Å². The van der Waals surface area contributed by atoms with E-state index in [0.29, 0.717) is 6.04 Å². The smallest absolute Gasteiger partial charge is 0.144 e. The molecular formula is C12H20N2O. The first-order chi connectivity index (χ1) is 7.20. The van der Waals surface area contributed by atoms with Crippen molar-refractivity contribution in [3.8, 4) is 0 Å². The van der Waals surface area contributed by atoms with Gasteiger partial charge < -0.3 is 4.79 Å². The first-order valence-electron chi connectivity index (χ1n) is 5.98. The quantitative estimate of drug-likeness (QED) is 0.652. The monoisotopic (exact) mass is 208 g/mol. The van der Waals surface area contributed by atoms with Gasteiger partial charge in [0.25, 0.3) is 0 Å². The molecule has 0 saturated heterocycles. The van der Waals surface area contributed by atoms with E-state index in [1.54, 1.807) is 0 Å². The van der Waals surface area contributed by atoms with Crippen LogP contribution in [0.15, 0.2) is 5.10 Å². The SMILES string of the molecule is CC1=NN(C2CCC(C)CC2)C(C=O)C1. The molecule has 1 saturated carbocycles. The fraction of sp³-hybridized carbons (Fsp3) is 0.833. The average Bonchev–Trinajstić information content (AvgIpc) is 2.61. The minimum Gasteiger partial charge on any atom is -0.301 e. The van der Waals surface area contributed by atoms with Gasteiger partial charge in [0.15, 0.2) is 0 Å². The van der Waals surface area contributed by atoms with Gasteiger partial charge in [0.05, 0.1) is 0 Å².